The molecule has 3 N–H and O–H groups in total. The SMILES string of the molecule is COc1cc2c(cc1OCc1cc(COc3cc4c(cc3OC)C(=O)N3c5ccccc5C[C@H]3CN4)cc(NC(=O)[C@H](C)NC(=O)CCC(C)(C)SSCCCC(C)=O)c1)N=C[C@@H]1Cc3ccccc3N1C2=O. The molecule has 0 saturated heterocycles. The van der Waals surface area contributed by atoms with Crippen molar-refractivity contribution < 1.29 is 42.9 Å². The number of hydrogen-bond acceptors (Lipinski definition) is 13. The average Bonchev–Trinajstić information content (AvgIpc) is 3.87. The van der Waals surface area contributed by atoms with Crippen LogP contribution >= 0.6 is 21.6 Å². The molecule has 0 fully saturated rings. The zero-order valence-electron chi connectivity index (χ0n) is 41.9. The maximum Gasteiger partial charge on any atom is 0.261 e. The molecule has 73 heavy (non-hydrogen) atoms. The minimum Gasteiger partial charge on any atom is -0.493 e. The molecule has 0 aromatic heterocycles. The maximum absolute atomic E-state index is 14.1. The van der Waals surface area contributed by atoms with E-state index < -0.39 is 11.9 Å². The Morgan fingerprint density at radius 2 is 1.42 bits per heavy atom. The monoisotopic (exact) mass is 1020 g/mol. The highest BCUT2D eigenvalue weighted by Crippen LogP contribution is 2.44. The molecule has 4 aliphatic heterocycles. The Hall–Kier alpha value is -6.98. The van der Waals surface area contributed by atoms with E-state index in [2.05, 4.69) is 35.9 Å². The molecule has 0 unspecified atom stereocenters. The van der Waals surface area contributed by atoms with Crippen LogP contribution in [0.15, 0.2) is 96.0 Å². The van der Waals surface area contributed by atoms with E-state index in [9.17, 15) is 24.0 Å². The Balaban J connectivity index is 0.925. The summed E-state index contributed by atoms with van der Waals surface area (Å²) in [5.74, 6) is 1.58. The van der Waals surface area contributed by atoms with Crippen LogP contribution in [0.2, 0.25) is 0 Å². The number of para-hydroxylation sites is 2. The fourth-order valence-electron chi connectivity index (χ4n) is 9.59. The molecule has 380 valence electrons. The third-order valence-electron chi connectivity index (χ3n) is 13.4. The lowest BCUT2D eigenvalue weighted by molar-refractivity contribution is -0.126. The minimum atomic E-state index is -0.858. The Morgan fingerprint density at radius 3 is 2.11 bits per heavy atom. The number of amides is 4. The summed E-state index contributed by atoms with van der Waals surface area (Å²) in [5, 5.41) is 9.33. The summed E-state index contributed by atoms with van der Waals surface area (Å²) >= 11 is 0. The molecule has 3 atom stereocenters. The number of nitrogens with one attached hydrogen (secondary N) is 3. The van der Waals surface area contributed by atoms with Crippen LogP contribution in [0, 0.1) is 0 Å². The van der Waals surface area contributed by atoms with Crippen molar-refractivity contribution in [1.29, 1.82) is 0 Å². The van der Waals surface area contributed by atoms with Gasteiger partial charge in [0.2, 0.25) is 11.8 Å². The highest BCUT2D eigenvalue weighted by atomic mass is 33.1. The number of nitrogens with zero attached hydrogens (tertiary/aromatic N) is 3. The van der Waals surface area contributed by atoms with Gasteiger partial charge >= 0.3 is 0 Å². The van der Waals surface area contributed by atoms with Crippen molar-refractivity contribution >= 4 is 85.7 Å². The van der Waals surface area contributed by atoms with Gasteiger partial charge < -0.3 is 44.6 Å². The Bertz CT molecular complexity index is 3000. The number of carbonyl (C=O) groups is 5. The zero-order valence-corrected chi connectivity index (χ0v) is 43.5. The third-order valence-corrected chi connectivity index (χ3v) is 16.8. The Kier molecular flexibility index (Phi) is 15.4. The molecular weight excluding hydrogens is 965 g/mol. The lowest BCUT2D eigenvalue weighted by atomic mass is 10.1. The molecule has 4 amide bonds. The van der Waals surface area contributed by atoms with Crippen molar-refractivity contribution in [3.05, 3.63) is 124 Å². The van der Waals surface area contributed by atoms with E-state index in [-0.39, 0.29) is 60.0 Å². The van der Waals surface area contributed by atoms with Gasteiger partial charge in [-0.3, -0.25) is 29.1 Å². The normalized spacial score (nSPS) is 16.6. The summed E-state index contributed by atoms with van der Waals surface area (Å²) in [6.07, 6.45) is 5.43. The number of hydrogen-bond donors (Lipinski definition) is 3. The summed E-state index contributed by atoms with van der Waals surface area (Å²) < 4.78 is 24.3. The summed E-state index contributed by atoms with van der Waals surface area (Å²) in [6, 6.07) is 27.1. The van der Waals surface area contributed by atoms with Gasteiger partial charge in [-0.05, 0) is 112 Å². The lowest BCUT2D eigenvalue weighted by Gasteiger charge is -2.23. The number of fused-ring (bicyclic) bond motifs is 8. The largest absolute Gasteiger partial charge is 0.493 e. The molecule has 0 aliphatic carbocycles. The number of Topliss-reactive ketones (excluding diaryl/α,β-unsaturated/α-hetero) is 1. The first-order valence-electron chi connectivity index (χ1n) is 24.5. The van der Waals surface area contributed by atoms with Crippen molar-refractivity contribution in [2.75, 3.05) is 47.0 Å². The second-order valence-corrected chi connectivity index (χ2v) is 22.5. The van der Waals surface area contributed by atoms with E-state index >= 15 is 0 Å². The predicted molar refractivity (Wildman–Crippen MR) is 289 cm³/mol. The van der Waals surface area contributed by atoms with E-state index in [0.29, 0.717) is 88.1 Å². The number of methoxy groups -OCH3 is 2. The van der Waals surface area contributed by atoms with Crippen molar-refractivity contribution in [2.24, 2.45) is 4.99 Å². The topological polar surface area (TPSA) is 177 Å². The number of ketones is 1. The van der Waals surface area contributed by atoms with Crippen LogP contribution in [0.5, 0.6) is 23.0 Å². The van der Waals surface area contributed by atoms with Crippen molar-refractivity contribution in [1.82, 2.24) is 5.32 Å². The lowest BCUT2D eigenvalue weighted by Crippen LogP contribution is -2.42. The quantitative estimate of drug-likeness (QED) is 0.0498. The molecule has 17 heteroatoms. The first-order chi connectivity index (χ1) is 35.2. The Labute approximate surface area is 433 Å². The van der Waals surface area contributed by atoms with Crippen LogP contribution in [0.3, 0.4) is 0 Å². The van der Waals surface area contributed by atoms with E-state index in [1.165, 1.54) is 14.2 Å². The van der Waals surface area contributed by atoms with Gasteiger partial charge in [0.1, 0.15) is 25.0 Å². The third kappa shape index (κ3) is 11.5. The van der Waals surface area contributed by atoms with Crippen LogP contribution in [-0.4, -0.2) is 85.0 Å². The molecule has 0 spiro atoms. The molecule has 9 rings (SSSR count). The zero-order chi connectivity index (χ0) is 51.4. The molecule has 5 aromatic rings. The molecule has 4 heterocycles. The number of anilines is 4. The van der Waals surface area contributed by atoms with E-state index in [1.54, 1.807) is 82.9 Å². The fraction of sp³-hybridized carbons (Fsp3) is 0.357. The molecular formula is C56H60N6O9S2. The first kappa shape index (κ1) is 50.9. The molecule has 0 bridgehead atoms. The van der Waals surface area contributed by atoms with Gasteiger partial charge in [-0.15, -0.1) is 0 Å². The van der Waals surface area contributed by atoms with Crippen molar-refractivity contribution in [3.8, 4) is 23.0 Å². The average molecular weight is 1030 g/mol. The van der Waals surface area contributed by atoms with Crippen LogP contribution < -0.4 is 44.7 Å². The summed E-state index contributed by atoms with van der Waals surface area (Å²) in [5.41, 5.74) is 7.73. The summed E-state index contributed by atoms with van der Waals surface area (Å²) in [4.78, 5) is 74.8. The van der Waals surface area contributed by atoms with Gasteiger partial charge in [-0.2, -0.15) is 0 Å². The number of aliphatic imine (C=N–C) groups is 1. The van der Waals surface area contributed by atoms with Crippen LogP contribution in [0.25, 0.3) is 0 Å². The second kappa shape index (κ2) is 22.0. The van der Waals surface area contributed by atoms with Gasteiger partial charge in [0.15, 0.2) is 23.0 Å². The molecule has 15 nitrogen and oxygen atoms in total. The molecule has 4 aliphatic rings. The fourth-order valence-corrected chi connectivity index (χ4v) is 12.3. The number of benzene rings is 5. The van der Waals surface area contributed by atoms with Gasteiger partial charge in [-0.25, -0.2) is 0 Å². The first-order valence-corrected chi connectivity index (χ1v) is 26.8. The van der Waals surface area contributed by atoms with E-state index in [0.717, 1.165) is 41.1 Å². The second-order valence-electron chi connectivity index (χ2n) is 19.3. The van der Waals surface area contributed by atoms with Crippen LogP contribution in [0.4, 0.5) is 28.4 Å². The summed E-state index contributed by atoms with van der Waals surface area (Å²) in [6.45, 7) is 8.02. The van der Waals surface area contributed by atoms with Crippen LogP contribution in [0.1, 0.15) is 96.3 Å². The highest BCUT2D eigenvalue weighted by molar-refractivity contribution is 8.77. The van der Waals surface area contributed by atoms with E-state index in [1.807, 2.05) is 53.4 Å². The molecule has 0 saturated carbocycles. The Morgan fingerprint density at radius 1 is 0.795 bits per heavy atom. The predicted octanol–water partition coefficient (Wildman–Crippen LogP) is 9.90. The molecule has 5 aromatic carbocycles. The highest BCUT2D eigenvalue weighted by Gasteiger charge is 2.39. The van der Waals surface area contributed by atoms with Gasteiger partial charge in [0, 0.05) is 71.7 Å². The van der Waals surface area contributed by atoms with Gasteiger partial charge in [0.25, 0.3) is 11.8 Å². The minimum absolute atomic E-state index is 0.0235. The van der Waals surface area contributed by atoms with Crippen molar-refractivity contribution in [2.45, 2.75) is 102 Å². The number of rotatable bonds is 20. The van der Waals surface area contributed by atoms with Crippen LogP contribution in [-0.2, 0) is 40.4 Å². The van der Waals surface area contributed by atoms with E-state index in [4.69, 9.17) is 23.9 Å². The number of ether oxygens (including phenoxy) is 4. The molecule has 0 radical (unpaired) electrons. The smallest absolute Gasteiger partial charge is 0.261 e. The standard InChI is InChI=1S/C56H60N6O9S2/c1-33(63)12-11-19-72-73-56(3,4)18-17-52(64)59-34(2)53(65)60-39-21-35(31-70-50-27-44-42(25-48(50)68-5)54(66)61-40(29-57-44)23-37-13-7-9-15-46(37)61)20-36(22-39)32-71-51-28-45-43(26-49(51)69-6)55(67)62-41(30-58-45)24-38-14-8-10-16-47(38)62/h7-10,13-16,20-22,25-29,34,40-41,58H,11-12,17-19,23-24,30-32H2,1-6H3,(H,59,64)(H,60,65)/t34-,40-,41-/m0/s1. The van der Waals surface area contributed by atoms with Gasteiger partial charge in [-0.1, -0.05) is 58.0 Å². The summed E-state index contributed by atoms with van der Waals surface area (Å²) in [7, 11) is 6.45. The number of carbonyl (C=O) groups excluding carboxylic acids is 5. The maximum atomic E-state index is 14.1. The van der Waals surface area contributed by atoms with Gasteiger partial charge in [0.05, 0.1) is 48.8 Å². The van der Waals surface area contributed by atoms with Crippen molar-refractivity contribution in [3.63, 3.8) is 0 Å².